The van der Waals surface area contributed by atoms with Crippen LogP contribution in [0.15, 0.2) is 18.2 Å². The van der Waals surface area contributed by atoms with Crippen LogP contribution < -0.4 is 0 Å². The maximum Gasteiger partial charge on any atom is 0.0795 e. The molecular weight excluding hydrogens is 184 g/mol. The van der Waals surface area contributed by atoms with E-state index in [1.807, 2.05) is 0 Å². The van der Waals surface area contributed by atoms with Gasteiger partial charge in [0.05, 0.1) is 6.10 Å². The Hall–Kier alpha value is -0.820. The van der Waals surface area contributed by atoms with Gasteiger partial charge in [0.2, 0.25) is 0 Å². The Labute approximate surface area is 92.1 Å². The molecule has 82 valence electrons. The summed E-state index contributed by atoms with van der Waals surface area (Å²) in [5, 5.41) is 10.1. The summed E-state index contributed by atoms with van der Waals surface area (Å²) in [5.41, 5.74) is 3.87. The van der Waals surface area contributed by atoms with Gasteiger partial charge in [-0.05, 0) is 48.3 Å². The first kappa shape index (κ1) is 10.7. The third-order valence-electron chi connectivity index (χ3n) is 3.51. The van der Waals surface area contributed by atoms with Crippen molar-refractivity contribution in [3.05, 3.63) is 34.9 Å². The summed E-state index contributed by atoms with van der Waals surface area (Å²) in [6, 6.07) is 6.59. The quantitative estimate of drug-likeness (QED) is 0.696. The van der Waals surface area contributed by atoms with E-state index >= 15 is 0 Å². The summed E-state index contributed by atoms with van der Waals surface area (Å²) in [6.45, 7) is 4.39. The van der Waals surface area contributed by atoms with Gasteiger partial charge in [-0.1, -0.05) is 32.0 Å². The number of fused-ring (bicyclic) bond motifs is 1. The van der Waals surface area contributed by atoms with E-state index in [0.29, 0.717) is 5.92 Å². The standard InChI is InChI=1S/C14H20O/c1-3-11-5-7-12-6-4-10(2)8-14(15)13(12)9-11/h5,7,9-10,14-15H,3-4,6,8H2,1-2H3. The molecule has 0 amide bonds. The molecule has 1 heteroatoms. The fourth-order valence-electron chi connectivity index (χ4n) is 2.43. The molecule has 0 bridgehead atoms. The van der Waals surface area contributed by atoms with Crippen molar-refractivity contribution >= 4 is 0 Å². The van der Waals surface area contributed by atoms with Crippen molar-refractivity contribution < 1.29 is 5.11 Å². The Balaban J connectivity index is 2.36. The maximum absolute atomic E-state index is 10.1. The molecule has 1 aromatic rings. The highest BCUT2D eigenvalue weighted by atomic mass is 16.3. The molecule has 0 radical (unpaired) electrons. The van der Waals surface area contributed by atoms with E-state index in [9.17, 15) is 5.11 Å². The predicted molar refractivity (Wildman–Crippen MR) is 62.9 cm³/mol. The van der Waals surface area contributed by atoms with E-state index in [1.165, 1.54) is 23.1 Å². The van der Waals surface area contributed by atoms with E-state index < -0.39 is 0 Å². The molecule has 1 aromatic carbocycles. The third-order valence-corrected chi connectivity index (χ3v) is 3.51. The summed E-state index contributed by atoms with van der Waals surface area (Å²) in [7, 11) is 0. The van der Waals surface area contributed by atoms with Gasteiger partial charge in [0.15, 0.2) is 0 Å². The van der Waals surface area contributed by atoms with E-state index in [2.05, 4.69) is 32.0 Å². The normalized spacial score (nSPS) is 25.8. The second kappa shape index (κ2) is 4.36. The number of aliphatic hydroxyl groups excluding tert-OH is 1. The first-order valence-corrected chi connectivity index (χ1v) is 6.00. The number of hydrogen-bond donors (Lipinski definition) is 1. The van der Waals surface area contributed by atoms with Crippen molar-refractivity contribution in [3.8, 4) is 0 Å². The summed E-state index contributed by atoms with van der Waals surface area (Å²) in [5.74, 6) is 0.637. The SMILES string of the molecule is CCc1ccc2c(c1)C(O)CC(C)CC2. The Morgan fingerprint density at radius 2 is 2.20 bits per heavy atom. The zero-order valence-electron chi connectivity index (χ0n) is 9.66. The molecule has 0 saturated heterocycles. The average molecular weight is 204 g/mol. The Morgan fingerprint density at radius 3 is 2.93 bits per heavy atom. The van der Waals surface area contributed by atoms with Gasteiger partial charge in [-0.25, -0.2) is 0 Å². The van der Waals surface area contributed by atoms with Crippen LogP contribution >= 0.6 is 0 Å². The van der Waals surface area contributed by atoms with Gasteiger partial charge in [-0.2, -0.15) is 0 Å². The van der Waals surface area contributed by atoms with E-state index in [1.54, 1.807) is 0 Å². The molecule has 2 unspecified atom stereocenters. The van der Waals surface area contributed by atoms with Gasteiger partial charge < -0.3 is 5.11 Å². The minimum atomic E-state index is -0.246. The van der Waals surface area contributed by atoms with Crippen LogP contribution in [0.5, 0.6) is 0 Å². The second-order valence-electron chi connectivity index (χ2n) is 4.78. The highest BCUT2D eigenvalue weighted by Crippen LogP contribution is 2.32. The lowest BCUT2D eigenvalue weighted by atomic mass is 9.97. The molecule has 0 fully saturated rings. The van der Waals surface area contributed by atoms with E-state index in [0.717, 1.165) is 19.3 Å². The van der Waals surface area contributed by atoms with Crippen LogP contribution in [0.25, 0.3) is 0 Å². The molecule has 0 aliphatic heterocycles. The molecule has 0 spiro atoms. The number of benzene rings is 1. The molecule has 1 N–H and O–H groups in total. The Morgan fingerprint density at radius 1 is 1.40 bits per heavy atom. The summed E-state index contributed by atoms with van der Waals surface area (Å²) >= 11 is 0. The molecule has 0 heterocycles. The number of aliphatic hydroxyl groups is 1. The molecule has 15 heavy (non-hydrogen) atoms. The van der Waals surface area contributed by atoms with Crippen LogP contribution in [0.3, 0.4) is 0 Å². The van der Waals surface area contributed by atoms with Gasteiger partial charge in [-0.15, -0.1) is 0 Å². The van der Waals surface area contributed by atoms with Crippen molar-refractivity contribution in [1.29, 1.82) is 0 Å². The van der Waals surface area contributed by atoms with E-state index in [-0.39, 0.29) is 6.10 Å². The lowest BCUT2D eigenvalue weighted by Gasteiger charge is -2.14. The highest BCUT2D eigenvalue weighted by molar-refractivity contribution is 5.34. The minimum absolute atomic E-state index is 0.246. The molecule has 1 aliphatic rings. The zero-order valence-corrected chi connectivity index (χ0v) is 9.66. The molecule has 0 saturated carbocycles. The molecule has 2 rings (SSSR count). The van der Waals surface area contributed by atoms with Gasteiger partial charge in [-0.3, -0.25) is 0 Å². The highest BCUT2D eigenvalue weighted by Gasteiger charge is 2.20. The Kier molecular flexibility index (Phi) is 3.11. The largest absolute Gasteiger partial charge is 0.388 e. The molecule has 0 aromatic heterocycles. The van der Waals surface area contributed by atoms with Crippen molar-refractivity contribution in [2.45, 2.75) is 45.6 Å². The van der Waals surface area contributed by atoms with Crippen molar-refractivity contribution in [1.82, 2.24) is 0 Å². The van der Waals surface area contributed by atoms with Crippen LogP contribution in [-0.2, 0) is 12.8 Å². The fourth-order valence-corrected chi connectivity index (χ4v) is 2.43. The predicted octanol–water partition coefficient (Wildman–Crippen LogP) is 3.25. The third kappa shape index (κ3) is 2.23. The van der Waals surface area contributed by atoms with Crippen LogP contribution in [0, 0.1) is 5.92 Å². The Bertz CT molecular complexity index is 343. The lowest BCUT2D eigenvalue weighted by Crippen LogP contribution is -2.02. The number of rotatable bonds is 1. The smallest absolute Gasteiger partial charge is 0.0795 e. The number of hydrogen-bond acceptors (Lipinski definition) is 1. The first-order valence-electron chi connectivity index (χ1n) is 6.00. The topological polar surface area (TPSA) is 20.2 Å². The zero-order chi connectivity index (χ0) is 10.8. The van der Waals surface area contributed by atoms with Crippen LogP contribution in [-0.4, -0.2) is 5.11 Å². The van der Waals surface area contributed by atoms with Gasteiger partial charge in [0, 0.05) is 0 Å². The monoisotopic (exact) mass is 204 g/mol. The van der Waals surface area contributed by atoms with Crippen molar-refractivity contribution in [3.63, 3.8) is 0 Å². The lowest BCUT2D eigenvalue weighted by molar-refractivity contribution is 0.150. The van der Waals surface area contributed by atoms with Gasteiger partial charge in [0.1, 0.15) is 0 Å². The fraction of sp³-hybridized carbons (Fsp3) is 0.571. The van der Waals surface area contributed by atoms with Crippen LogP contribution in [0.2, 0.25) is 0 Å². The summed E-state index contributed by atoms with van der Waals surface area (Å²) < 4.78 is 0. The van der Waals surface area contributed by atoms with Crippen LogP contribution in [0.1, 0.15) is 49.5 Å². The van der Waals surface area contributed by atoms with Crippen LogP contribution in [0.4, 0.5) is 0 Å². The summed E-state index contributed by atoms with van der Waals surface area (Å²) in [6.07, 6.45) is 4.05. The van der Waals surface area contributed by atoms with Crippen molar-refractivity contribution in [2.24, 2.45) is 5.92 Å². The van der Waals surface area contributed by atoms with Gasteiger partial charge >= 0.3 is 0 Å². The molecule has 2 atom stereocenters. The molecule has 1 aliphatic carbocycles. The van der Waals surface area contributed by atoms with Crippen molar-refractivity contribution in [2.75, 3.05) is 0 Å². The van der Waals surface area contributed by atoms with Gasteiger partial charge in [0.25, 0.3) is 0 Å². The molecular formula is C14H20O. The average Bonchev–Trinajstić information content (AvgIpc) is 2.38. The molecule has 1 nitrogen and oxygen atoms in total. The van der Waals surface area contributed by atoms with E-state index in [4.69, 9.17) is 0 Å². The second-order valence-corrected chi connectivity index (χ2v) is 4.78. The number of aryl methyl sites for hydroxylation is 2. The first-order chi connectivity index (χ1) is 7.20. The minimum Gasteiger partial charge on any atom is -0.388 e. The summed E-state index contributed by atoms with van der Waals surface area (Å²) in [4.78, 5) is 0. The maximum atomic E-state index is 10.1.